The van der Waals surface area contributed by atoms with Gasteiger partial charge in [-0.3, -0.25) is 0 Å². The normalized spacial score (nSPS) is 11.2. The van der Waals surface area contributed by atoms with E-state index in [1.165, 1.54) is 12.1 Å². The van der Waals surface area contributed by atoms with Gasteiger partial charge in [0.05, 0.1) is 25.6 Å². The lowest BCUT2D eigenvalue weighted by molar-refractivity contribution is 0.302. The van der Waals surface area contributed by atoms with Crippen molar-refractivity contribution in [2.45, 2.75) is 6.61 Å². The van der Waals surface area contributed by atoms with Crippen LogP contribution in [0.5, 0.6) is 5.75 Å². The molecule has 0 aliphatic heterocycles. The van der Waals surface area contributed by atoms with E-state index in [0.717, 1.165) is 11.1 Å². The molecule has 0 aliphatic carbocycles. The summed E-state index contributed by atoms with van der Waals surface area (Å²) in [4.78, 5) is 0. The second-order valence-electron chi connectivity index (χ2n) is 6.02. The van der Waals surface area contributed by atoms with Gasteiger partial charge in [-0.25, -0.2) is 4.39 Å². The molecule has 3 rings (SSSR count). The van der Waals surface area contributed by atoms with E-state index in [4.69, 9.17) is 27.9 Å². The molecule has 0 radical (unpaired) electrons. The molecule has 7 heteroatoms. The Morgan fingerprint density at radius 3 is 2.28 bits per heavy atom. The quantitative estimate of drug-likeness (QED) is 0.234. The van der Waals surface area contributed by atoms with Crippen LogP contribution in [0.3, 0.4) is 0 Å². The van der Waals surface area contributed by atoms with Crippen LogP contribution in [0.15, 0.2) is 63.5 Å². The minimum absolute atomic E-state index is 0.288. The van der Waals surface area contributed by atoms with Gasteiger partial charge in [-0.1, -0.05) is 41.4 Å². The number of benzene rings is 3. The lowest BCUT2D eigenvalue weighted by Crippen LogP contribution is -1.97. The summed E-state index contributed by atoms with van der Waals surface area (Å²) in [5.74, 6) is 0.316. The molecule has 0 saturated carbocycles. The molecule has 146 valence electrons. The fourth-order valence-electron chi connectivity index (χ4n) is 2.58. The van der Waals surface area contributed by atoms with Gasteiger partial charge in [0, 0.05) is 10.6 Å². The predicted octanol–water partition coefficient (Wildman–Crippen LogP) is 8.30. The van der Waals surface area contributed by atoms with E-state index < -0.39 is 0 Å². The van der Waals surface area contributed by atoms with Gasteiger partial charge in [-0.05, 0) is 85.5 Å². The minimum Gasteiger partial charge on any atom is -0.487 e. The number of nitriles is 1. The van der Waals surface area contributed by atoms with Crippen LogP contribution in [0.2, 0.25) is 10.0 Å². The lowest BCUT2D eigenvalue weighted by atomic mass is 10.0. The average molecular weight is 556 g/mol. The summed E-state index contributed by atoms with van der Waals surface area (Å²) < 4.78 is 20.3. The smallest absolute Gasteiger partial charge is 0.148 e. The Morgan fingerprint density at radius 1 is 1.03 bits per heavy atom. The molecule has 0 aromatic heterocycles. The predicted molar refractivity (Wildman–Crippen MR) is 123 cm³/mol. The summed E-state index contributed by atoms with van der Waals surface area (Å²) in [5, 5.41) is 10.5. The monoisotopic (exact) mass is 553 g/mol. The topological polar surface area (TPSA) is 33.0 Å². The van der Waals surface area contributed by atoms with Crippen LogP contribution < -0.4 is 4.74 Å². The number of halogens is 5. The Labute approximate surface area is 194 Å². The molecule has 0 aliphatic rings. The summed E-state index contributed by atoms with van der Waals surface area (Å²) in [6, 6.07) is 17.0. The molecule has 0 unspecified atom stereocenters. The molecule has 0 atom stereocenters. The highest BCUT2D eigenvalue weighted by Crippen LogP contribution is 2.37. The Hall–Kier alpha value is -1.84. The lowest BCUT2D eigenvalue weighted by Gasteiger charge is -2.12. The molecular weight excluding hydrogens is 544 g/mol. The van der Waals surface area contributed by atoms with Crippen molar-refractivity contribution in [1.29, 1.82) is 5.26 Å². The molecule has 0 saturated heterocycles. The Kier molecular flexibility index (Phi) is 7.37. The fraction of sp³-hybridized carbons (Fsp3) is 0.0455. The van der Waals surface area contributed by atoms with Gasteiger partial charge in [0.15, 0.2) is 0 Å². The van der Waals surface area contributed by atoms with Crippen LogP contribution in [-0.4, -0.2) is 0 Å². The van der Waals surface area contributed by atoms with Crippen LogP contribution in [-0.2, 0) is 6.61 Å². The summed E-state index contributed by atoms with van der Waals surface area (Å²) in [7, 11) is 0. The van der Waals surface area contributed by atoms with Gasteiger partial charge in [0.1, 0.15) is 18.2 Å². The number of allylic oxidation sites excluding steroid dienone is 1. The van der Waals surface area contributed by atoms with Crippen molar-refractivity contribution in [3.63, 3.8) is 0 Å². The van der Waals surface area contributed by atoms with Gasteiger partial charge >= 0.3 is 0 Å². The second-order valence-corrected chi connectivity index (χ2v) is 8.58. The van der Waals surface area contributed by atoms with Gasteiger partial charge in [0.25, 0.3) is 0 Å². The number of ether oxygens (including phenoxy) is 1. The van der Waals surface area contributed by atoms with Crippen LogP contribution in [0, 0.1) is 17.1 Å². The number of rotatable bonds is 5. The SMILES string of the molecule is N#C/C(=C\c1cc(Br)c(OCc2ccc(F)cc2)c(Br)c1)c1ccc(Cl)cc1Cl. The molecule has 0 fully saturated rings. The third kappa shape index (κ3) is 5.61. The minimum atomic E-state index is -0.290. The van der Waals surface area contributed by atoms with Crippen molar-refractivity contribution in [3.8, 4) is 11.8 Å². The molecule has 2 nitrogen and oxygen atoms in total. The van der Waals surface area contributed by atoms with E-state index in [-0.39, 0.29) is 12.4 Å². The largest absolute Gasteiger partial charge is 0.487 e. The maximum atomic E-state index is 13.0. The van der Waals surface area contributed by atoms with E-state index in [1.807, 2.05) is 12.1 Å². The van der Waals surface area contributed by atoms with Crippen molar-refractivity contribution in [2.75, 3.05) is 0 Å². The van der Waals surface area contributed by atoms with Crippen LogP contribution in [0.4, 0.5) is 4.39 Å². The Bertz CT molecular complexity index is 1100. The molecule has 0 heterocycles. The molecule has 0 bridgehead atoms. The molecule has 29 heavy (non-hydrogen) atoms. The van der Waals surface area contributed by atoms with Crippen LogP contribution in [0.25, 0.3) is 11.6 Å². The average Bonchev–Trinajstić information content (AvgIpc) is 2.67. The third-order valence-corrected chi connectivity index (χ3v) is 5.70. The zero-order valence-electron chi connectivity index (χ0n) is 14.7. The first-order valence-electron chi connectivity index (χ1n) is 8.31. The standard InChI is InChI=1S/C22H12Br2Cl2FNO/c23-19-8-14(7-15(11-28)18-6-3-16(25)10-21(18)26)9-20(24)22(19)29-12-13-1-4-17(27)5-2-13/h1-10H,12H2/b15-7+. The number of hydrogen-bond donors (Lipinski definition) is 0. The van der Waals surface area contributed by atoms with Gasteiger partial charge < -0.3 is 4.74 Å². The molecule has 0 spiro atoms. The molecular formula is C22H12Br2Cl2FNO. The van der Waals surface area contributed by atoms with Crippen molar-refractivity contribution < 1.29 is 9.13 Å². The van der Waals surface area contributed by atoms with Gasteiger partial charge in [0.2, 0.25) is 0 Å². The van der Waals surface area contributed by atoms with Gasteiger partial charge in [-0.2, -0.15) is 5.26 Å². The maximum Gasteiger partial charge on any atom is 0.148 e. The van der Waals surface area contributed by atoms with Gasteiger partial charge in [-0.15, -0.1) is 0 Å². The van der Waals surface area contributed by atoms with Crippen LogP contribution in [0.1, 0.15) is 16.7 Å². The van der Waals surface area contributed by atoms with Crippen molar-refractivity contribution in [2.24, 2.45) is 0 Å². The Balaban J connectivity index is 1.86. The van der Waals surface area contributed by atoms with E-state index in [9.17, 15) is 9.65 Å². The summed E-state index contributed by atoms with van der Waals surface area (Å²) in [6.45, 7) is 0.288. The highest BCUT2D eigenvalue weighted by molar-refractivity contribution is 9.11. The van der Waals surface area contributed by atoms with Crippen molar-refractivity contribution in [1.82, 2.24) is 0 Å². The zero-order chi connectivity index (χ0) is 21.0. The molecule has 0 N–H and O–H groups in total. The first-order valence-corrected chi connectivity index (χ1v) is 10.6. The number of nitrogens with zero attached hydrogens (tertiary/aromatic N) is 1. The maximum absolute atomic E-state index is 13.0. The summed E-state index contributed by atoms with van der Waals surface area (Å²) in [6.07, 6.45) is 1.73. The van der Waals surface area contributed by atoms with E-state index >= 15 is 0 Å². The zero-order valence-corrected chi connectivity index (χ0v) is 19.4. The fourth-order valence-corrected chi connectivity index (χ4v) is 4.54. The van der Waals surface area contributed by atoms with E-state index in [2.05, 4.69) is 37.9 Å². The first-order chi connectivity index (χ1) is 13.9. The Morgan fingerprint density at radius 2 is 1.69 bits per heavy atom. The highest BCUT2D eigenvalue weighted by atomic mass is 79.9. The second kappa shape index (κ2) is 9.77. The summed E-state index contributed by atoms with van der Waals surface area (Å²) >= 11 is 19.2. The highest BCUT2D eigenvalue weighted by Gasteiger charge is 2.11. The summed E-state index contributed by atoms with van der Waals surface area (Å²) in [5.41, 5.74) is 2.63. The van der Waals surface area contributed by atoms with E-state index in [0.29, 0.717) is 35.9 Å². The molecule has 0 amide bonds. The first kappa shape index (κ1) is 21.9. The van der Waals surface area contributed by atoms with Crippen LogP contribution >= 0.6 is 55.1 Å². The van der Waals surface area contributed by atoms with E-state index in [1.54, 1.807) is 36.4 Å². The van der Waals surface area contributed by atoms with Crippen molar-refractivity contribution in [3.05, 3.63) is 96.1 Å². The molecule has 3 aromatic carbocycles. The van der Waals surface area contributed by atoms with Crippen molar-refractivity contribution >= 4 is 66.7 Å². The third-order valence-electron chi connectivity index (χ3n) is 3.97. The number of hydrogen-bond acceptors (Lipinski definition) is 2. The molecule has 3 aromatic rings.